The largest absolute Gasteiger partial charge is 0.404 e. The molecule has 3 rings (SSSR count). The lowest BCUT2D eigenvalue weighted by Crippen LogP contribution is -2.30. The molecule has 120 valence electrons. The highest BCUT2D eigenvalue weighted by Gasteiger charge is 2.20. The smallest absolute Gasteiger partial charge is 0.129 e. The lowest BCUT2D eigenvalue weighted by atomic mass is 10.1. The second-order valence-electron chi connectivity index (χ2n) is 5.47. The van der Waals surface area contributed by atoms with Crippen molar-refractivity contribution >= 4 is 34.4 Å². The third-order valence-electron chi connectivity index (χ3n) is 3.79. The molecule has 1 unspecified atom stereocenters. The van der Waals surface area contributed by atoms with Crippen molar-refractivity contribution in [2.75, 3.05) is 6.54 Å². The minimum Gasteiger partial charge on any atom is -0.404 e. The Morgan fingerprint density at radius 3 is 3.04 bits per heavy atom. The zero-order valence-corrected chi connectivity index (χ0v) is 13.2. The van der Waals surface area contributed by atoms with E-state index in [-0.39, 0.29) is 6.04 Å². The predicted octanol–water partition coefficient (Wildman–Crippen LogP) is 1.72. The summed E-state index contributed by atoms with van der Waals surface area (Å²) in [5.74, 6) is 0. The number of aliphatic hydroxyl groups is 1. The van der Waals surface area contributed by atoms with Crippen LogP contribution in [0.1, 0.15) is 18.4 Å². The molecular formula is C16H18ClN5O. The molecule has 0 bridgehead atoms. The van der Waals surface area contributed by atoms with Crippen LogP contribution in [-0.4, -0.2) is 40.1 Å². The summed E-state index contributed by atoms with van der Waals surface area (Å²) in [6, 6.07) is 5.62. The minimum atomic E-state index is -0.416. The van der Waals surface area contributed by atoms with Gasteiger partial charge in [-0.3, -0.25) is 15.3 Å². The summed E-state index contributed by atoms with van der Waals surface area (Å²) in [6.07, 6.45) is 6.22. The highest BCUT2D eigenvalue weighted by molar-refractivity contribution is 6.29. The van der Waals surface area contributed by atoms with Crippen molar-refractivity contribution in [3.8, 4) is 0 Å². The number of allylic oxidation sites excluding steroid dienone is 1. The van der Waals surface area contributed by atoms with E-state index in [1.54, 1.807) is 18.5 Å². The number of nitrogens with zero attached hydrogens (tertiary/aromatic N) is 3. The monoisotopic (exact) mass is 331 g/mol. The Kier molecular flexibility index (Phi) is 4.85. The molecule has 1 saturated heterocycles. The molecule has 2 atom stereocenters. The van der Waals surface area contributed by atoms with Crippen LogP contribution in [0.25, 0.3) is 16.6 Å². The van der Waals surface area contributed by atoms with Crippen LogP contribution in [-0.2, 0) is 0 Å². The van der Waals surface area contributed by atoms with Gasteiger partial charge < -0.3 is 10.8 Å². The normalized spacial score (nSPS) is 22.3. The predicted molar refractivity (Wildman–Crippen MR) is 92.2 cm³/mol. The van der Waals surface area contributed by atoms with Crippen LogP contribution < -0.4 is 11.1 Å². The van der Waals surface area contributed by atoms with Gasteiger partial charge in [0.25, 0.3) is 0 Å². The number of nitrogens with two attached hydrogens (primary N) is 1. The van der Waals surface area contributed by atoms with Gasteiger partial charge in [-0.2, -0.15) is 0 Å². The van der Waals surface area contributed by atoms with Gasteiger partial charge in [0.15, 0.2) is 0 Å². The van der Waals surface area contributed by atoms with Crippen molar-refractivity contribution in [1.29, 1.82) is 0 Å². The van der Waals surface area contributed by atoms with E-state index >= 15 is 0 Å². The number of fused-ring (bicyclic) bond motifs is 1. The summed E-state index contributed by atoms with van der Waals surface area (Å²) < 4.78 is 0. The van der Waals surface area contributed by atoms with Crippen molar-refractivity contribution in [2.24, 2.45) is 10.7 Å². The van der Waals surface area contributed by atoms with E-state index in [9.17, 15) is 5.11 Å². The number of hydrogen-bond donors (Lipinski definition) is 3. The van der Waals surface area contributed by atoms with E-state index in [1.807, 2.05) is 12.1 Å². The highest BCUT2D eigenvalue weighted by Crippen LogP contribution is 2.18. The van der Waals surface area contributed by atoms with Crippen LogP contribution in [0.5, 0.6) is 0 Å². The zero-order chi connectivity index (χ0) is 16.2. The van der Waals surface area contributed by atoms with Gasteiger partial charge >= 0.3 is 0 Å². The molecule has 0 spiro atoms. The molecule has 0 radical (unpaired) electrons. The first-order valence-electron chi connectivity index (χ1n) is 7.44. The summed E-state index contributed by atoms with van der Waals surface area (Å²) in [6.45, 7) is 0.597. The van der Waals surface area contributed by atoms with E-state index in [0.717, 1.165) is 29.5 Å². The van der Waals surface area contributed by atoms with E-state index in [1.165, 1.54) is 6.20 Å². The number of halogens is 1. The van der Waals surface area contributed by atoms with Gasteiger partial charge in [-0.25, -0.2) is 4.98 Å². The van der Waals surface area contributed by atoms with Crippen molar-refractivity contribution in [1.82, 2.24) is 15.3 Å². The Morgan fingerprint density at radius 2 is 2.30 bits per heavy atom. The van der Waals surface area contributed by atoms with Crippen LogP contribution in [0, 0.1) is 0 Å². The number of nitrogens with one attached hydrogen (secondary N) is 1. The first kappa shape index (κ1) is 15.9. The molecule has 2 aromatic heterocycles. The number of hydrogen-bond acceptors (Lipinski definition) is 6. The second-order valence-corrected chi connectivity index (χ2v) is 5.86. The molecule has 0 aromatic carbocycles. The fraction of sp³-hybridized carbons (Fsp3) is 0.312. The van der Waals surface area contributed by atoms with E-state index in [4.69, 9.17) is 17.3 Å². The van der Waals surface area contributed by atoms with Gasteiger partial charge in [-0.05, 0) is 31.0 Å². The fourth-order valence-electron chi connectivity index (χ4n) is 2.57. The van der Waals surface area contributed by atoms with Gasteiger partial charge in [0.1, 0.15) is 11.4 Å². The number of aliphatic imine (C=N–C) groups is 1. The maximum absolute atomic E-state index is 9.43. The maximum Gasteiger partial charge on any atom is 0.129 e. The molecule has 6 nitrogen and oxygen atoms in total. The van der Waals surface area contributed by atoms with E-state index < -0.39 is 6.23 Å². The van der Waals surface area contributed by atoms with E-state index in [2.05, 4.69) is 20.3 Å². The van der Waals surface area contributed by atoms with Gasteiger partial charge in [0.2, 0.25) is 0 Å². The summed E-state index contributed by atoms with van der Waals surface area (Å²) >= 11 is 5.92. The van der Waals surface area contributed by atoms with Gasteiger partial charge in [-0.1, -0.05) is 11.6 Å². The molecule has 2 aromatic rings. The molecule has 1 aliphatic rings. The lowest BCUT2D eigenvalue weighted by Gasteiger charge is -2.08. The Bertz CT molecular complexity index is 761. The minimum absolute atomic E-state index is 0.204. The molecule has 3 heterocycles. The number of aliphatic hydroxyl groups excluding tert-OH is 1. The summed E-state index contributed by atoms with van der Waals surface area (Å²) in [5, 5.41) is 12.9. The summed E-state index contributed by atoms with van der Waals surface area (Å²) in [7, 11) is 0. The summed E-state index contributed by atoms with van der Waals surface area (Å²) in [4.78, 5) is 13.0. The number of aromatic nitrogens is 2. The average Bonchev–Trinajstić information content (AvgIpc) is 2.96. The molecule has 4 N–H and O–H groups in total. The Morgan fingerprint density at radius 1 is 1.43 bits per heavy atom. The first-order valence-corrected chi connectivity index (χ1v) is 7.82. The molecule has 0 amide bonds. The van der Waals surface area contributed by atoms with Crippen LogP contribution in [0.4, 0.5) is 0 Å². The van der Waals surface area contributed by atoms with Crippen molar-refractivity contribution in [3.05, 3.63) is 41.3 Å². The van der Waals surface area contributed by atoms with E-state index in [0.29, 0.717) is 17.2 Å². The van der Waals surface area contributed by atoms with Crippen LogP contribution in [0.3, 0.4) is 0 Å². The molecule has 1 fully saturated rings. The fourth-order valence-corrected chi connectivity index (χ4v) is 2.73. The van der Waals surface area contributed by atoms with Crippen LogP contribution in [0.15, 0.2) is 35.6 Å². The summed E-state index contributed by atoms with van der Waals surface area (Å²) in [5.41, 5.74) is 8.79. The van der Waals surface area contributed by atoms with Crippen LogP contribution in [0.2, 0.25) is 5.15 Å². The first-order chi connectivity index (χ1) is 11.2. The standard InChI is InChI=1S/C16H18ClN5O/c17-15-3-2-13-14(22-15)5-10(8-20-13)11(6-18)7-19-9-12-1-4-16(23)21-12/h2-3,5-8,12,16,21,23H,1,4,9,18H2/t12-,16?/m1/s1. The van der Waals surface area contributed by atoms with Crippen LogP contribution >= 0.6 is 11.6 Å². The second kappa shape index (κ2) is 7.04. The average molecular weight is 332 g/mol. The third kappa shape index (κ3) is 3.85. The number of pyridine rings is 2. The molecule has 0 saturated carbocycles. The number of rotatable bonds is 4. The SMILES string of the molecule is NC=C(C=NC[C@H]1CCC(O)N1)c1cnc2ccc(Cl)nc2c1. The Balaban J connectivity index is 1.75. The topological polar surface area (TPSA) is 96.4 Å². The molecule has 23 heavy (non-hydrogen) atoms. The molecule has 0 aliphatic carbocycles. The lowest BCUT2D eigenvalue weighted by molar-refractivity contribution is 0.155. The van der Waals surface area contributed by atoms with Crippen molar-refractivity contribution < 1.29 is 5.11 Å². The quantitative estimate of drug-likeness (QED) is 0.585. The third-order valence-corrected chi connectivity index (χ3v) is 4.00. The highest BCUT2D eigenvalue weighted by atomic mass is 35.5. The Hall–Kier alpha value is -2.02. The molecule has 7 heteroatoms. The van der Waals surface area contributed by atoms with Crippen molar-refractivity contribution in [2.45, 2.75) is 25.1 Å². The molecule has 1 aliphatic heterocycles. The maximum atomic E-state index is 9.43. The van der Waals surface area contributed by atoms with Crippen molar-refractivity contribution in [3.63, 3.8) is 0 Å². The van der Waals surface area contributed by atoms with Gasteiger partial charge in [-0.15, -0.1) is 0 Å². The van der Waals surface area contributed by atoms with Gasteiger partial charge in [0, 0.05) is 35.8 Å². The van der Waals surface area contributed by atoms with Gasteiger partial charge in [0.05, 0.1) is 17.6 Å². The molecular weight excluding hydrogens is 314 g/mol. The zero-order valence-electron chi connectivity index (χ0n) is 12.5. The Labute approximate surface area is 139 Å².